The van der Waals surface area contributed by atoms with Gasteiger partial charge in [-0.1, -0.05) is 39.2 Å². The third-order valence-electron chi connectivity index (χ3n) is 5.56. The van der Waals surface area contributed by atoms with Crippen LogP contribution in [0.5, 0.6) is 0 Å². The van der Waals surface area contributed by atoms with Crippen molar-refractivity contribution in [3.63, 3.8) is 0 Å². The zero-order chi connectivity index (χ0) is 19.2. The second-order valence-corrected chi connectivity index (χ2v) is 7.51. The van der Waals surface area contributed by atoms with Gasteiger partial charge in [0, 0.05) is 25.0 Å². The second-order valence-electron chi connectivity index (χ2n) is 7.51. The predicted molar refractivity (Wildman–Crippen MR) is 104 cm³/mol. The quantitative estimate of drug-likeness (QED) is 0.759. The van der Waals surface area contributed by atoms with Crippen LogP contribution in [-0.2, 0) is 4.79 Å². The molecule has 2 rings (SSSR count). The van der Waals surface area contributed by atoms with Crippen LogP contribution in [0.15, 0.2) is 37.2 Å². The number of amides is 2. The van der Waals surface area contributed by atoms with Crippen LogP contribution in [0, 0.1) is 5.92 Å². The molecule has 0 spiro atoms. The number of hydrogen-bond donors (Lipinski definition) is 1. The van der Waals surface area contributed by atoms with Crippen molar-refractivity contribution in [3.8, 4) is 0 Å². The molecular formula is C21H31N3O2. The molecule has 5 heteroatoms. The first-order valence-corrected chi connectivity index (χ1v) is 9.55. The highest BCUT2D eigenvalue weighted by molar-refractivity contribution is 5.99. The molecule has 1 aromatic heterocycles. The minimum Gasteiger partial charge on any atom is -0.351 e. The van der Waals surface area contributed by atoms with Gasteiger partial charge < -0.3 is 10.2 Å². The molecule has 26 heavy (non-hydrogen) atoms. The molecule has 1 aromatic rings. The van der Waals surface area contributed by atoms with E-state index in [1.54, 1.807) is 30.6 Å². The van der Waals surface area contributed by atoms with Crippen LogP contribution in [0.25, 0.3) is 0 Å². The molecule has 1 unspecified atom stereocenters. The van der Waals surface area contributed by atoms with Gasteiger partial charge in [0.2, 0.25) is 5.91 Å². The average Bonchev–Trinajstić information content (AvgIpc) is 2.67. The number of aromatic nitrogens is 1. The summed E-state index contributed by atoms with van der Waals surface area (Å²) >= 11 is 0. The smallest absolute Gasteiger partial charge is 0.256 e. The van der Waals surface area contributed by atoms with Crippen LogP contribution in [-0.4, -0.2) is 39.8 Å². The second kappa shape index (κ2) is 8.97. The number of nitrogens with zero attached hydrogens (tertiary/aromatic N) is 2. The highest BCUT2D eigenvalue weighted by Crippen LogP contribution is 2.34. The molecule has 5 nitrogen and oxygen atoms in total. The van der Waals surface area contributed by atoms with Gasteiger partial charge in [0.15, 0.2) is 0 Å². The highest BCUT2D eigenvalue weighted by Gasteiger charge is 2.48. The summed E-state index contributed by atoms with van der Waals surface area (Å²) in [4.78, 5) is 32.5. The van der Waals surface area contributed by atoms with E-state index < -0.39 is 5.54 Å². The van der Waals surface area contributed by atoms with E-state index in [4.69, 9.17) is 0 Å². The maximum absolute atomic E-state index is 13.5. The summed E-state index contributed by atoms with van der Waals surface area (Å²) in [5.74, 6) is -0.278. The fourth-order valence-corrected chi connectivity index (χ4v) is 3.72. The van der Waals surface area contributed by atoms with Crippen molar-refractivity contribution in [1.82, 2.24) is 15.2 Å². The van der Waals surface area contributed by atoms with Crippen LogP contribution in [0.1, 0.15) is 63.2 Å². The van der Waals surface area contributed by atoms with Gasteiger partial charge in [-0.25, -0.2) is 0 Å². The summed E-state index contributed by atoms with van der Waals surface area (Å²) in [7, 11) is 0. The molecule has 2 amide bonds. The summed E-state index contributed by atoms with van der Waals surface area (Å²) in [5.41, 5.74) is -0.403. The maximum Gasteiger partial charge on any atom is 0.256 e. The topological polar surface area (TPSA) is 62.3 Å². The summed E-state index contributed by atoms with van der Waals surface area (Å²) in [6.07, 6.45) is 10.1. The number of carbonyl (C=O) groups excluding carboxylic acids is 2. The monoisotopic (exact) mass is 357 g/mol. The Labute approximate surface area is 156 Å². The van der Waals surface area contributed by atoms with Crippen LogP contribution in [0.3, 0.4) is 0 Å². The van der Waals surface area contributed by atoms with Crippen LogP contribution >= 0.6 is 0 Å². The van der Waals surface area contributed by atoms with Gasteiger partial charge in [-0.05, 0) is 37.8 Å². The molecule has 142 valence electrons. The zero-order valence-corrected chi connectivity index (χ0v) is 16.2. The van der Waals surface area contributed by atoms with E-state index >= 15 is 0 Å². The van der Waals surface area contributed by atoms with Gasteiger partial charge in [0.05, 0.1) is 5.56 Å². The van der Waals surface area contributed by atoms with Crippen molar-refractivity contribution < 1.29 is 9.59 Å². The number of hydrogen-bond acceptors (Lipinski definition) is 3. The number of nitrogens with one attached hydrogen (secondary N) is 1. The van der Waals surface area contributed by atoms with Crippen LogP contribution in [0.4, 0.5) is 0 Å². The Bertz CT molecular complexity index is 623. The molecule has 1 atom stereocenters. The first-order chi connectivity index (χ1) is 12.4. The summed E-state index contributed by atoms with van der Waals surface area (Å²) in [6.45, 7) is 9.95. The molecule has 0 radical (unpaired) electrons. The number of pyridine rings is 1. The van der Waals surface area contributed by atoms with Gasteiger partial charge in [-0.2, -0.15) is 0 Å². The Morgan fingerprint density at radius 1 is 1.38 bits per heavy atom. The average molecular weight is 357 g/mol. The van der Waals surface area contributed by atoms with Crippen molar-refractivity contribution in [1.29, 1.82) is 0 Å². The molecular weight excluding hydrogens is 326 g/mol. The number of rotatable bonds is 7. The summed E-state index contributed by atoms with van der Waals surface area (Å²) in [6, 6.07) is 3.60. The first-order valence-electron chi connectivity index (χ1n) is 9.55. The summed E-state index contributed by atoms with van der Waals surface area (Å²) in [5, 5.41) is 2.91. The molecule has 1 aliphatic rings. The molecule has 0 saturated heterocycles. The lowest BCUT2D eigenvalue weighted by molar-refractivity contribution is -0.135. The SMILES string of the molecule is C=CCNC(=O)C(C)(C(C)C)N(C(=O)c1cccnc1)C1CCCCC1. The van der Waals surface area contributed by atoms with Crippen LogP contribution < -0.4 is 5.32 Å². The Hall–Kier alpha value is -2.17. The minimum absolute atomic E-state index is 0.0325. The Morgan fingerprint density at radius 2 is 2.08 bits per heavy atom. The zero-order valence-electron chi connectivity index (χ0n) is 16.2. The van der Waals surface area contributed by atoms with E-state index in [0.29, 0.717) is 12.1 Å². The lowest BCUT2D eigenvalue weighted by atomic mass is 9.81. The van der Waals surface area contributed by atoms with E-state index in [1.165, 1.54) is 6.42 Å². The Kier molecular flexibility index (Phi) is 6.95. The molecule has 1 saturated carbocycles. The minimum atomic E-state index is -0.933. The molecule has 1 fully saturated rings. The fourth-order valence-electron chi connectivity index (χ4n) is 3.72. The molecule has 0 aliphatic heterocycles. The molecule has 1 aliphatic carbocycles. The largest absolute Gasteiger partial charge is 0.351 e. The third-order valence-corrected chi connectivity index (χ3v) is 5.56. The number of carbonyl (C=O) groups is 2. The molecule has 0 bridgehead atoms. The lowest BCUT2D eigenvalue weighted by Gasteiger charge is -2.48. The van der Waals surface area contributed by atoms with Gasteiger partial charge in [-0.3, -0.25) is 14.6 Å². The Balaban J connectivity index is 2.46. The highest BCUT2D eigenvalue weighted by atomic mass is 16.2. The van der Waals surface area contributed by atoms with Gasteiger partial charge in [0.1, 0.15) is 5.54 Å². The van der Waals surface area contributed by atoms with Crippen LogP contribution in [0.2, 0.25) is 0 Å². The molecule has 1 heterocycles. The van der Waals surface area contributed by atoms with Gasteiger partial charge >= 0.3 is 0 Å². The lowest BCUT2D eigenvalue weighted by Crippen LogP contribution is -2.65. The summed E-state index contributed by atoms with van der Waals surface area (Å²) < 4.78 is 0. The normalized spacial score (nSPS) is 17.4. The van der Waals surface area contributed by atoms with Gasteiger partial charge in [0.25, 0.3) is 5.91 Å². The molecule has 0 aromatic carbocycles. The van der Waals surface area contributed by atoms with Crippen molar-refractivity contribution in [2.45, 2.75) is 64.5 Å². The van der Waals surface area contributed by atoms with Gasteiger partial charge in [-0.15, -0.1) is 6.58 Å². The first kappa shape index (κ1) is 20.1. The van der Waals surface area contributed by atoms with E-state index in [1.807, 2.05) is 25.7 Å². The van der Waals surface area contributed by atoms with E-state index in [2.05, 4.69) is 16.9 Å². The molecule has 1 N–H and O–H groups in total. The standard InChI is InChI=1S/C21H31N3O2/c1-5-13-23-20(26)21(4,16(2)3)24(18-11-7-6-8-12-18)19(25)17-10-9-14-22-15-17/h5,9-10,14-16,18H,1,6-8,11-13H2,2-4H3,(H,23,26). The van der Waals surface area contributed by atoms with Crippen molar-refractivity contribution in [2.75, 3.05) is 6.54 Å². The maximum atomic E-state index is 13.5. The van der Waals surface area contributed by atoms with Crippen molar-refractivity contribution in [3.05, 3.63) is 42.7 Å². The Morgan fingerprint density at radius 3 is 2.62 bits per heavy atom. The predicted octanol–water partition coefficient (Wildman–Crippen LogP) is 3.57. The van der Waals surface area contributed by atoms with Crippen molar-refractivity contribution >= 4 is 11.8 Å². The van der Waals surface area contributed by atoms with E-state index in [-0.39, 0.29) is 23.8 Å². The van der Waals surface area contributed by atoms with E-state index in [0.717, 1.165) is 25.7 Å². The van der Waals surface area contributed by atoms with E-state index in [9.17, 15) is 9.59 Å². The fraction of sp³-hybridized carbons (Fsp3) is 0.571. The third kappa shape index (κ3) is 4.14. The van der Waals surface area contributed by atoms with Crippen molar-refractivity contribution in [2.24, 2.45) is 5.92 Å².